The molecule has 2 rings (SSSR count). The van der Waals surface area contributed by atoms with Gasteiger partial charge in [-0.3, -0.25) is 0 Å². The molecule has 0 aromatic carbocycles. The summed E-state index contributed by atoms with van der Waals surface area (Å²) in [5, 5.41) is 3.40. The minimum absolute atomic E-state index is 0.558. The van der Waals surface area contributed by atoms with Crippen molar-refractivity contribution in [2.75, 3.05) is 23.3 Å². The molecule has 1 aromatic heterocycles. The molecule has 112 valence electrons. The van der Waals surface area contributed by atoms with E-state index in [1.165, 1.54) is 12.8 Å². The maximum Gasteiger partial charge on any atom is 0.134 e. The number of rotatable bonds is 5. The van der Waals surface area contributed by atoms with Crippen molar-refractivity contribution in [3.63, 3.8) is 0 Å². The largest absolute Gasteiger partial charge is 0.370 e. The second kappa shape index (κ2) is 6.91. The standard InChI is InChI=1S/C16H28N4/c1-5-9-17-15-11-16(19-14(6-2)18-15)20-10-7-8-12(3)13(20)4/h11-13H,5-10H2,1-4H3,(H,17,18,19). The first-order valence-corrected chi connectivity index (χ1v) is 8.04. The molecule has 0 aliphatic carbocycles. The SMILES string of the molecule is CCCNc1cc(N2CCCC(C)C2C)nc(CC)n1. The van der Waals surface area contributed by atoms with Crippen molar-refractivity contribution >= 4 is 11.6 Å². The number of hydrogen-bond acceptors (Lipinski definition) is 4. The van der Waals surface area contributed by atoms with Crippen LogP contribution in [0.25, 0.3) is 0 Å². The summed E-state index contributed by atoms with van der Waals surface area (Å²) in [5.41, 5.74) is 0. The number of anilines is 2. The molecule has 2 unspecified atom stereocenters. The molecule has 1 aromatic rings. The fourth-order valence-electron chi connectivity index (χ4n) is 2.79. The summed E-state index contributed by atoms with van der Waals surface area (Å²) in [4.78, 5) is 11.8. The Balaban J connectivity index is 2.24. The summed E-state index contributed by atoms with van der Waals surface area (Å²) in [6.07, 6.45) is 4.57. The van der Waals surface area contributed by atoms with Crippen molar-refractivity contribution in [3.8, 4) is 0 Å². The predicted octanol–water partition coefficient (Wildman–Crippen LogP) is 3.49. The average Bonchev–Trinajstić information content (AvgIpc) is 2.47. The Kier molecular flexibility index (Phi) is 5.21. The van der Waals surface area contributed by atoms with Gasteiger partial charge in [-0.05, 0) is 32.1 Å². The normalized spacial score (nSPS) is 22.9. The third-order valence-electron chi connectivity index (χ3n) is 4.30. The lowest BCUT2D eigenvalue weighted by atomic mass is 9.92. The summed E-state index contributed by atoms with van der Waals surface area (Å²) < 4.78 is 0. The zero-order valence-corrected chi connectivity index (χ0v) is 13.3. The van der Waals surface area contributed by atoms with Gasteiger partial charge in [0.2, 0.25) is 0 Å². The number of aryl methyl sites for hydroxylation is 1. The fourth-order valence-corrected chi connectivity index (χ4v) is 2.79. The van der Waals surface area contributed by atoms with Gasteiger partial charge in [0.25, 0.3) is 0 Å². The molecule has 1 fully saturated rings. The Morgan fingerprint density at radius 3 is 2.80 bits per heavy atom. The van der Waals surface area contributed by atoms with Crippen LogP contribution in [-0.4, -0.2) is 29.1 Å². The van der Waals surface area contributed by atoms with Crippen LogP contribution in [0, 0.1) is 5.92 Å². The molecular formula is C16H28N4. The van der Waals surface area contributed by atoms with E-state index in [0.717, 1.165) is 49.3 Å². The van der Waals surface area contributed by atoms with Gasteiger partial charge >= 0.3 is 0 Å². The van der Waals surface area contributed by atoms with Crippen LogP contribution in [0.15, 0.2) is 6.07 Å². The van der Waals surface area contributed by atoms with Crippen LogP contribution in [0.5, 0.6) is 0 Å². The molecule has 0 spiro atoms. The molecule has 1 N–H and O–H groups in total. The molecule has 20 heavy (non-hydrogen) atoms. The van der Waals surface area contributed by atoms with E-state index in [1.54, 1.807) is 0 Å². The molecule has 1 aliphatic rings. The first kappa shape index (κ1) is 15.1. The maximum atomic E-state index is 4.74. The molecule has 0 saturated carbocycles. The Labute approximate surface area is 123 Å². The van der Waals surface area contributed by atoms with E-state index in [9.17, 15) is 0 Å². The van der Waals surface area contributed by atoms with Gasteiger partial charge in [-0.25, -0.2) is 9.97 Å². The monoisotopic (exact) mass is 276 g/mol. The number of nitrogens with one attached hydrogen (secondary N) is 1. The molecule has 1 aliphatic heterocycles. The van der Waals surface area contributed by atoms with Gasteiger partial charge in [0.15, 0.2) is 0 Å². The highest BCUT2D eigenvalue weighted by Crippen LogP contribution is 2.28. The van der Waals surface area contributed by atoms with E-state index in [0.29, 0.717) is 6.04 Å². The highest BCUT2D eigenvalue weighted by Gasteiger charge is 2.26. The third kappa shape index (κ3) is 3.41. The summed E-state index contributed by atoms with van der Waals surface area (Å²) >= 11 is 0. The minimum atomic E-state index is 0.558. The summed E-state index contributed by atoms with van der Waals surface area (Å²) in [7, 11) is 0. The molecule has 2 atom stereocenters. The smallest absolute Gasteiger partial charge is 0.134 e. The molecule has 0 bridgehead atoms. The Morgan fingerprint density at radius 2 is 2.10 bits per heavy atom. The molecule has 1 saturated heterocycles. The molecule has 0 radical (unpaired) electrons. The number of hydrogen-bond donors (Lipinski definition) is 1. The number of aromatic nitrogens is 2. The second-order valence-corrected chi connectivity index (χ2v) is 5.86. The zero-order chi connectivity index (χ0) is 14.5. The Bertz CT molecular complexity index is 432. The van der Waals surface area contributed by atoms with E-state index in [2.05, 4.69) is 49.0 Å². The van der Waals surface area contributed by atoms with Crippen molar-refractivity contribution in [2.45, 2.75) is 59.4 Å². The minimum Gasteiger partial charge on any atom is -0.370 e. The zero-order valence-electron chi connectivity index (χ0n) is 13.3. The Morgan fingerprint density at radius 1 is 1.30 bits per heavy atom. The van der Waals surface area contributed by atoms with Crippen molar-refractivity contribution in [2.24, 2.45) is 5.92 Å². The van der Waals surface area contributed by atoms with E-state index in [4.69, 9.17) is 4.98 Å². The third-order valence-corrected chi connectivity index (χ3v) is 4.30. The maximum absolute atomic E-state index is 4.74. The van der Waals surface area contributed by atoms with Gasteiger partial charge in [0.05, 0.1) is 0 Å². The molecule has 4 heteroatoms. The average molecular weight is 276 g/mol. The summed E-state index contributed by atoms with van der Waals surface area (Å²) in [6, 6.07) is 2.67. The number of piperidine rings is 1. The van der Waals surface area contributed by atoms with E-state index >= 15 is 0 Å². The predicted molar refractivity (Wildman–Crippen MR) is 85.4 cm³/mol. The van der Waals surface area contributed by atoms with Crippen LogP contribution in [0.3, 0.4) is 0 Å². The lowest BCUT2D eigenvalue weighted by Gasteiger charge is -2.39. The number of nitrogens with zero attached hydrogens (tertiary/aromatic N) is 3. The first-order chi connectivity index (χ1) is 9.65. The lowest BCUT2D eigenvalue weighted by Crippen LogP contribution is -2.43. The van der Waals surface area contributed by atoms with Crippen LogP contribution in [0.2, 0.25) is 0 Å². The highest BCUT2D eigenvalue weighted by atomic mass is 15.2. The summed E-state index contributed by atoms with van der Waals surface area (Å²) in [6.45, 7) is 11.0. The van der Waals surface area contributed by atoms with Crippen LogP contribution >= 0.6 is 0 Å². The van der Waals surface area contributed by atoms with E-state index in [1.807, 2.05) is 0 Å². The van der Waals surface area contributed by atoms with Crippen LogP contribution in [-0.2, 0) is 6.42 Å². The fraction of sp³-hybridized carbons (Fsp3) is 0.750. The van der Waals surface area contributed by atoms with Gasteiger partial charge in [-0.15, -0.1) is 0 Å². The first-order valence-electron chi connectivity index (χ1n) is 8.04. The van der Waals surface area contributed by atoms with E-state index < -0.39 is 0 Å². The van der Waals surface area contributed by atoms with Gasteiger partial charge in [0, 0.05) is 31.6 Å². The molecule has 4 nitrogen and oxygen atoms in total. The van der Waals surface area contributed by atoms with Gasteiger partial charge in [-0.1, -0.05) is 20.8 Å². The van der Waals surface area contributed by atoms with Gasteiger partial charge in [0.1, 0.15) is 17.5 Å². The highest BCUT2D eigenvalue weighted by molar-refractivity contribution is 5.50. The van der Waals surface area contributed by atoms with E-state index in [-0.39, 0.29) is 0 Å². The van der Waals surface area contributed by atoms with Crippen LogP contribution < -0.4 is 10.2 Å². The molecule has 2 heterocycles. The van der Waals surface area contributed by atoms with Gasteiger partial charge < -0.3 is 10.2 Å². The van der Waals surface area contributed by atoms with Crippen molar-refractivity contribution in [1.29, 1.82) is 0 Å². The second-order valence-electron chi connectivity index (χ2n) is 5.86. The van der Waals surface area contributed by atoms with Gasteiger partial charge in [-0.2, -0.15) is 0 Å². The van der Waals surface area contributed by atoms with Crippen molar-refractivity contribution in [1.82, 2.24) is 9.97 Å². The molecular weight excluding hydrogens is 248 g/mol. The summed E-state index contributed by atoms with van der Waals surface area (Å²) in [5.74, 6) is 3.73. The lowest BCUT2D eigenvalue weighted by molar-refractivity contribution is 0.361. The van der Waals surface area contributed by atoms with Crippen molar-refractivity contribution in [3.05, 3.63) is 11.9 Å². The van der Waals surface area contributed by atoms with Crippen LogP contribution in [0.4, 0.5) is 11.6 Å². The quantitative estimate of drug-likeness (QED) is 0.894. The van der Waals surface area contributed by atoms with Crippen molar-refractivity contribution < 1.29 is 0 Å². The Hall–Kier alpha value is -1.32. The molecule has 0 amide bonds. The topological polar surface area (TPSA) is 41.0 Å². The van der Waals surface area contributed by atoms with Crippen LogP contribution in [0.1, 0.15) is 52.8 Å².